The molecule has 0 aromatic rings. The number of hydrogen-bond donors (Lipinski definition) is 0. The van der Waals surface area contributed by atoms with E-state index in [1.54, 1.807) is 0 Å². The van der Waals surface area contributed by atoms with E-state index in [-0.39, 0.29) is 18.3 Å². The van der Waals surface area contributed by atoms with Crippen molar-refractivity contribution in [2.75, 3.05) is 0 Å². The number of ether oxygens (including phenoxy) is 3. The molecule has 0 N–H and O–H groups in total. The monoisotopic (exact) mass is 212 g/mol. The molecule has 0 aromatic carbocycles. The van der Waals surface area contributed by atoms with Crippen LogP contribution in [0, 0.1) is 0 Å². The average molecular weight is 212 g/mol. The third-order valence-corrected chi connectivity index (χ3v) is 2.32. The molecule has 84 valence electrons. The lowest BCUT2D eigenvalue weighted by Gasteiger charge is -2.22. The van der Waals surface area contributed by atoms with Gasteiger partial charge in [0.05, 0.1) is 6.10 Å². The Hall–Kier alpha value is -1.03. The van der Waals surface area contributed by atoms with Crippen molar-refractivity contribution in [1.29, 1.82) is 0 Å². The van der Waals surface area contributed by atoms with Crippen molar-refractivity contribution in [2.45, 2.75) is 51.1 Å². The minimum Gasteiger partial charge on any atom is -0.429 e. The molecule has 0 radical (unpaired) electrons. The minimum absolute atomic E-state index is 0.0810. The number of fused-ring (bicyclic) bond motifs is 2. The van der Waals surface area contributed by atoms with Crippen LogP contribution in [0.2, 0.25) is 0 Å². The van der Waals surface area contributed by atoms with E-state index in [2.05, 4.69) is 0 Å². The molecule has 0 aliphatic carbocycles. The largest absolute Gasteiger partial charge is 0.509 e. The fourth-order valence-corrected chi connectivity index (χ4v) is 1.75. The smallest absolute Gasteiger partial charge is 0.429 e. The van der Waals surface area contributed by atoms with Gasteiger partial charge in [0.15, 0.2) is 0 Å². The molecule has 3 atom stereocenters. The SMILES string of the molecule is CC(C)(C)OC(=O)OC1CC2C=CC1O2. The minimum atomic E-state index is -0.614. The first kappa shape index (κ1) is 10.5. The van der Waals surface area contributed by atoms with E-state index in [0.717, 1.165) is 6.42 Å². The Bertz CT molecular complexity index is 289. The standard InChI is InChI=1S/C11H16O4/c1-11(2,3)15-10(12)14-9-6-7-4-5-8(9)13-7/h4-5,7-9H,6H2,1-3H3. The van der Waals surface area contributed by atoms with E-state index in [0.29, 0.717) is 0 Å². The van der Waals surface area contributed by atoms with Crippen molar-refractivity contribution in [2.24, 2.45) is 0 Å². The summed E-state index contributed by atoms with van der Waals surface area (Å²) < 4.78 is 15.7. The van der Waals surface area contributed by atoms with E-state index >= 15 is 0 Å². The number of carbonyl (C=O) groups excluding carboxylic acids is 1. The molecular formula is C11H16O4. The zero-order valence-electron chi connectivity index (χ0n) is 9.23. The van der Waals surface area contributed by atoms with Crippen molar-refractivity contribution >= 4 is 6.16 Å². The van der Waals surface area contributed by atoms with Crippen LogP contribution in [-0.2, 0) is 14.2 Å². The fourth-order valence-electron chi connectivity index (χ4n) is 1.75. The Morgan fingerprint density at radius 2 is 2.13 bits per heavy atom. The highest BCUT2D eigenvalue weighted by Gasteiger charge is 2.40. The molecule has 3 unspecified atom stereocenters. The summed E-state index contributed by atoms with van der Waals surface area (Å²) in [4.78, 5) is 11.4. The number of rotatable bonds is 1. The van der Waals surface area contributed by atoms with Gasteiger partial charge < -0.3 is 14.2 Å². The maximum Gasteiger partial charge on any atom is 0.509 e. The first-order valence-electron chi connectivity index (χ1n) is 5.17. The third kappa shape index (κ3) is 2.50. The summed E-state index contributed by atoms with van der Waals surface area (Å²) in [5.41, 5.74) is -0.509. The van der Waals surface area contributed by atoms with Gasteiger partial charge in [-0.1, -0.05) is 12.2 Å². The molecule has 4 nitrogen and oxygen atoms in total. The summed E-state index contributed by atoms with van der Waals surface area (Å²) >= 11 is 0. The Labute approximate surface area is 89.2 Å². The van der Waals surface area contributed by atoms with Crippen molar-refractivity contribution < 1.29 is 19.0 Å². The Morgan fingerprint density at radius 1 is 1.40 bits per heavy atom. The molecule has 2 heterocycles. The summed E-state index contributed by atoms with van der Waals surface area (Å²) in [6.45, 7) is 5.43. The van der Waals surface area contributed by atoms with Gasteiger partial charge in [0.1, 0.15) is 17.8 Å². The highest BCUT2D eigenvalue weighted by molar-refractivity contribution is 5.61. The molecule has 1 fully saturated rings. The molecule has 2 aliphatic rings. The molecule has 15 heavy (non-hydrogen) atoms. The number of carbonyl (C=O) groups is 1. The summed E-state index contributed by atoms with van der Waals surface area (Å²) in [5, 5.41) is 0. The maximum atomic E-state index is 11.4. The lowest BCUT2D eigenvalue weighted by molar-refractivity contribution is -0.0361. The van der Waals surface area contributed by atoms with Crippen LogP contribution in [0.4, 0.5) is 4.79 Å². The van der Waals surface area contributed by atoms with Gasteiger partial charge in [0.25, 0.3) is 0 Å². The lowest BCUT2D eigenvalue weighted by Crippen LogP contribution is -2.31. The molecule has 0 saturated carbocycles. The summed E-state index contributed by atoms with van der Waals surface area (Å²) in [5.74, 6) is 0. The van der Waals surface area contributed by atoms with Gasteiger partial charge >= 0.3 is 6.16 Å². The van der Waals surface area contributed by atoms with Crippen LogP contribution in [-0.4, -0.2) is 30.1 Å². The first-order valence-corrected chi connectivity index (χ1v) is 5.17. The predicted molar refractivity (Wildman–Crippen MR) is 53.5 cm³/mol. The first-order chi connectivity index (χ1) is 6.94. The van der Waals surface area contributed by atoms with Crippen LogP contribution < -0.4 is 0 Å². The highest BCUT2D eigenvalue weighted by Crippen LogP contribution is 2.31. The van der Waals surface area contributed by atoms with E-state index in [1.165, 1.54) is 0 Å². The molecule has 2 rings (SSSR count). The van der Waals surface area contributed by atoms with Gasteiger partial charge in [0.2, 0.25) is 0 Å². The van der Waals surface area contributed by atoms with Crippen molar-refractivity contribution in [3.63, 3.8) is 0 Å². The van der Waals surface area contributed by atoms with E-state index in [4.69, 9.17) is 14.2 Å². The van der Waals surface area contributed by atoms with E-state index in [1.807, 2.05) is 32.9 Å². The molecule has 0 amide bonds. The molecule has 0 spiro atoms. The van der Waals surface area contributed by atoms with E-state index < -0.39 is 11.8 Å². The van der Waals surface area contributed by atoms with Crippen molar-refractivity contribution in [3.05, 3.63) is 12.2 Å². The lowest BCUT2D eigenvalue weighted by atomic mass is 10.1. The molecule has 2 bridgehead atoms. The molecule has 4 heteroatoms. The highest BCUT2D eigenvalue weighted by atomic mass is 16.7. The van der Waals surface area contributed by atoms with Gasteiger partial charge in [-0.2, -0.15) is 0 Å². The van der Waals surface area contributed by atoms with Crippen LogP contribution in [0.25, 0.3) is 0 Å². The zero-order valence-corrected chi connectivity index (χ0v) is 9.23. The Balaban J connectivity index is 1.83. The topological polar surface area (TPSA) is 44.8 Å². The second-order valence-electron chi connectivity index (χ2n) is 4.88. The second kappa shape index (κ2) is 3.52. The average Bonchev–Trinajstić information content (AvgIpc) is 2.60. The van der Waals surface area contributed by atoms with Gasteiger partial charge in [-0.3, -0.25) is 0 Å². The van der Waals surface area contributed by atoms with Crippen LogP contribution in [0.15, 0.2) is 12.2 Å². The van der Waals surface area contributed by atoms with Crippen LogP contribution in [0.3, 0.4) is 0 Å². The summed E-state index contributed by atoms with van der Waals surface area (Å²) in [7, 11) is 0. The Kier molecular flexibility index (Phi) is 2.46. The van der Waals surface area contributed by atoms with Crippen LogP contribution >= 0.6 is 0 Å². The van der Waals surface area contributed by atoms with Crippen LogP contribution in [0.5, 0.6) is 0 Å². The van der Waals surface area contributed by atoms with Gasteiger partial charge in [-0.15, -0.1) is 0 Å². The zero-order chi connectivity index (χ0) is 11.1. The predicted octanol–water partition coefficient (Wildman–Crippen LogP) is 2.03. The summed E-state index contributed by atoms with van der Waals surface area (Å²) in [6, 6.07) is 0. The number of hydrogen-bond acceptors (Lipinski definition) is 4. The van der Waals surface area contributed by atoms with Gasteiger partial charge in [-0.25, -0.2) is 4.79 Å². The third-order valence-electron chi connectivity index (χ3n) is 2.32. The summed E-state index contributed by atoms with van der Waals surface area (Å²) in [6.07, 6.45) is 3.90. The maximum absolute atomic E-state index is 11.4. The van der Waals surface area contributed by atoms with Gasteiger partial charge in [-0.05, 0) is 20.8 Å². The molecular weight excluding hydrogens is 196 g/mol. The van der Waals surface area contributed by atoms with E-state index in [9.17, 15) is 4.79 Å². The van der Waals surface area contributed by atoms with Crippen molar-refractivity contribution in [3.8, 4) is 0 Å². The fraction of sp³-hybridized carbons (Fsp3) is 0.727. The molecule has 2 aliphatic heterocycles. The molecule has 0 aromatic heterocycles. The van der Waals surface area contributed by atoms with Crippen LogP contribution in [0.1, 0.15) is 27.2 Å². The Morgan fingerprint density at radius 3 is 2.60 bits per heavy atom. The van der Waals surface area contributed by atoms with Gasteiger partial charge in [0, 0.05) is 6.42 Å². The quantitative estimate of drug-likeness (QED) is 0.493. The van der Waals surface area contributed by atoms with Crippen molar-refractivity contribution in [1.82, 2.24) is 0 Å². The molecule has 1 saturated heterocycles. The normalized spacial score (nSPS) is 33.1. The second-order valence-corrected chi connectivity index (χ2v) is 4.88.